The maximum atomic E-state index is 13.0. The van der Waals surface area contributed by atoms with Gasteiger partial charge in [0.1, 0.15) is 53.0 Å². The molecule has 0 saturated carbocycles. The fraction of sp³-hybridized carbons (Fsp3) is 0.321. The molecule has 0 unspecified atom stereocenters. The fourth-order valence-corrected chi connectivity index (χ4v) is 4.56. The van der Waals surface area contributed by atoms with Gasteiger partial charge in [0.2, 0.25) is 0 Å². The van der Waals surface area contributed by atoms with Gasteiger partial charge in [0.25, 0.3) is 0 Å². The van der Waals surface area contributed by atoms with Gasteiger partial charge < -0.3 is 39.4 Å². The minimum atomic E-state index is -1.77. The van der Waals surface area contributed by atoms with Crippen molar-refractivity contribution in [2.24, 2.45) is 0 Å². The second-order valence-corrected chi connectivity index (χ2v) is 9.37. The van der Waals surface area contributed by atoms with Crippen LogP contribution in [0, 0.1) is 6.92 Å². The van der Waals surface area contributed by atoms with Crippen LogP contribution >= 0.6 is 0 Å². The van der Waals surface area contributed by atoms with Crippen molar-refractivity contribution in [3.8, 4) is 11.5 Å². The zero-order valence-electron chi connectivity index (χ0n) is 21.1. The van der Waals surface area contributed by atoms with Crippen molar-refractivity contribution < 1.29 is 49.0 Å². The first-order valence-electron chi connectivity index (χ1n) is 12.1. The fourth-order valence-electron chi connectivity index (χ4n) is 4.56. The largest absolute Gasteiger partial charge is 0.508 e. The van der Waals surface area contributed by atoms with Crippen molar-refractivity contribution >= 4 is 28.8 Å². The van der Waals surface area contributed by atoms with Crippen LogP contribution in [0.3, 0.4) is 0 Å². The van der Waals surface area contributed by atoms with E-state index in [2.05, 4.69) is 0 Å². The second kappa shape index (κ2) is 11.4. The molecule has 4 rings (SSSR count). The number of benzene rings is 2. The molecule has 206 valence electrons. The van der Waals surface area contributed by atoms with E-state index in [-0.39, 0.29) is 40.2 Å². The average Bonchev–Trinajstić information content (AvgIpc) is 2.86. The van der Waals surface area contributed by atoms with Gasteiger partial charge in [0.15, 0.2) is 11.5 Å². The number of aliphatic hydroxyl groups is 3. The van der Waals surface area contributed by atoms with Gasteiger partial charge >= 0.3 is 5.97 Å². The summed E-state index contributed by atoms with van der Waals surface area (Å²) in [5.74, 6) is -1.59. The van der Waals surface area contributed by atoms with Crippen LogP contribution in [-0.4, -0.2) is 68.3 Å². The Morgan fingerprint density at radius 2 is 1.77 bits per heavy atom. The first kappa shape index (κ1) is 28.0. The lowest BCUT2D eigenvalue weighted by Gasteiger charge is -2.42. The van der Waals surface area contributed by atoms with Gasteiger partial charge in [-0.1, -0.05) is 12.1 Å². The topological polar surface area (TPSA) is 184 Å². The van der Waals surface area contributed by atoms with Gasteiger partial charge in [-0.15, -0.1) is 0 Å². The van der Waals surface area contributed by atoms with Crippen molar-refractivity contribution in [2.45, 2.75) is 50.8 Å². The molecule has 0 bridgehead atoms. The number of aryl methyl sites for hydroxylation is 1. The molecule has 1 fully saturated rings. The molecule has 0 radical (unpaired) electrons. The van der Waals surface area contributed by atoms with Crippen molar-refractivity contribution in [3.63, 3.8) is 0 Å². The van der Waals surface area contributed by atoms with Crippen LogP contribution in [0.4, 0.5) is 0 Å². The monoisotopic (exact) mass is 540 g/mol. The number of phenolic OH excluding ortho intramolecular Hbond substituents is 2. The molecule has 1 aliphatic heterocycles. The summed E-state index contributed by atoms with van der Waals surface area (Å²) in [6, 6.07) is 8.38. The molecule has 2 aromatic carbocycles. The molecule has 0 aliphatic carbocycles. The predicted octanol–water partition coefficient (Wildman–Crippen LogP) is 1.42. The summed E-state index contributed by atoms with van der Waals surface area (Å²) in [5, 5.41) is 51.6. The minimum Gasteiger partial charge on any atom is -0.508 e. The van der Waals surface area contributed by atoms with Crippen molar-refractivity contribution in [1.82, 2.24) is 0 Å². The third-order valence-corrected chi connectivity index (χ3v) is 6.40. The van der Waals surface area contributed by atoms with Crippen LogP contribution in [-0.2, 0) is 25.5 Å². The van der Waals surface area contributed by atoms with Crippen LogP contribution in [0.25, 0.3) is 17.0 Å². The number of fused-ring (bicyclic) bond motifs is 1. The van der Waals surface area contributed by atoms with Gasteiger partial charge in [0, 0.05) is 12.1 Å². The molecule has 5 N–H and O–H groups in total. The smallest absolute Gasteiger partial charge is 0.331 e. The van der Waals surface area contributed by atoms with Crippen LogP contribution < -0.4 is 5.43 Å². The molecule has 1 aromatic heterocycles. The van der Waals surface area contributed by atoms with E-state index < -0.39 is 54.3 Å². The number of hydrogen-bond acceptors (Lipinski definition) is 11. The van der Waals surface area contributed by atoms with E-state index in [1.165, 1.54) is 37.3 Å². The zero-order valence-corrected chi connectivity index (χ0v) is 21.1. The maximum Gasteiger partial charge on any atom is 0.331 e. The lowest BCUT2D eigenvalue weighted by Crippen LogP contribution is -2.56. The number of Topliss-reactive ketones (excluding diaryl/α,β-unsaturated/α-hetero) is 1. The summed E-state index contributed by atoms with van der Waals surface area (Å²) in [4.78, 5) is 37.4. The molecule has 1 saturated heterocycles. The summed E-state index contributed by atoms with van der Waals surface area (Å²) in [6.45, 7) is 2.16. The molecule has 3 aromatic rings. The van der Waals surface area contributed by atoms with Crippen LogP contribution in [0.5, 0.6) is 11.5 Å². The van der Waals surface area contributed by atoms with E-state index in [4.69, 9.17) is 13.9 Å². The summed E-state index contributed by atoms with van der Waals surface area (Å²) in [6.07, 6.45) is -5.63. The van der Waals surface area contributed by atoms with Crippen LogP contribution in [0.15, 0.2) is 51.7 Å². The third kappa shape index (κ3) is 5.86. The Bertz CT molecular complexity index is 1470. The Morgan fingerprint density at radius 1 is 1.08 bits per heavy atom. The number of carbonyl (C=O) groups excluding carboxylic acids is 2. The lowest BCUT2D eigenvalue weighted by molar-refractivity contribution is -0.239. The predicted molar refractivity (Wildman–Crippen MR) is 137 cm³/mol. The Kier molecular flexibility index (Phi) is 8.17. The highest BCUT2D eigenvalue weighted by molar-refractivity contribution is 5.88. The zero-order chi connectivity index (χ0) is 28.4. The lowest BCUT2D eigenvalue weighted by atomic mass is 9.89. The van der Waals surface area contributed by atoms with E-state index in [0.29, 0.717) is 11.1 Å². The van der Waals surface area contributed by atoms with Gasteiger partial charge in [-0.3, -0.25) is 9.59 Å². The van der Waals surface area contributed by atoms with Crippen LogP contribution in [0.1, 0.15) is 35.5 Å². The molecular weight excluding hydrogens is 512 g/mol. The summed E-state index contributed by atoms with van der Waals surface area (Å²) in [5.41, 5.74) is 0.107. The number of aliphatic hydroxyl groups excluding tert-OH is 3. The van der Waals surface area contributed by atoms with Crippen molar-refractivity contribution in [1.29, 1.82) is 0 Å². The number of aromatic hydroxyl groups is 2. The van der Waals surface area contributed by atoms with Gasteiger partial charge in [-0.2, -0.15) is 0 Å². The molecule has 2 heterocycles. The highest BCUT2D eigenvalue weighted by atomic mass is 16.6. The Hall–Kier alpha value is -4.03. The highest BCUT2D eigenvalue weighted by Crippen LogP contribution is 2.42. The number of ether oxygens (including phenoxy) is 2. The molecule has 39 heavy (non-hydrogen) atoms. The molecule has 11 heteroatoms. The van der Waals surface area contributed by atoms with Gasteiger partial charge in [-0.05, 0) is 49.2 Å². The highest BCUT2D eigenvalue weighted by Gasteiger charge is 2.48. The number of ketones is 1. The molecule has 11 nitrogen and oxygen atoms in total. The van der Waals surface area contributed by atoms with Crippen LogP contribution in [0.2, 0.25) is 0 Å². The number of carbonyl (C=O) groups is 2. The summed E-state index contributed by atoms with van der Waals surface area (Å²) >= 11 is 0. The summed E-state index contributed by atoms with van der Waals surface area (Å²) < 4.78 is 17.1. The number of esters is 1. The number of phenols is 2. The van der Waals surface area contributed by atoms with E-state index in [9.17, 15) is 39.9 Å². The van der Waals surface area contributed by atoms with Crippen molar-refractivity contribution in [3.05, 3.63) is 75.1 Å². The van der Waals surface area contributed by atoms with E-state index >= 15 is 0 Å². The van der Waals surface area contributed by atoms with Gasteiger partial charge in [-0.25, -0.2) is 4.79 Å². The molecule has 0 spiro atoms. The SMILES string of the molecule is CC(=O)Cc1cc(=O)c2c(C)cc(O)c([C@H]3O[C@H](CO)[C@@H](O)[C@H](O)[C@H]3OC(=O)C=Cc3ccc(O)cc3)c2o1. The Morgan fingerprint density at radius 3 is 2.41 bits per heavy atom. The second-order valence-electron chi connectivity index (χ2n) is 9.37. The first-order valence-corrected chi connectivity index (χ1v) is 12.1. The number of hydrogen-bond donors (Lipinski definition) is 5. The summed E-state index contributed by atoms with van der Waals surface area (Å²) in [7, 11) is 0. The van der Waals surface area contributed by atoms with E-state index in [0.717, 1.165) is 6.08 Å². The van der Waals surface area contributed by atoms with Crippen molar-refractivity contribution in [2.75, 3.05) is 6.61 Å². The Balaban J connectivity index is 1.80. The van der Waals surface area contributed by atoms with E-state index in [1.807, 2.05) is 0 Å². The normalized spacial score (nSPS) is 23.3. The average molecular weight is 541 g/mol. The number of rotatable bonds is 7. The van der Waals surface area contributed by atoms with E-state index in [1.54, 1.807) is 19.1 Å². The molecule has 0 amide bonds. The molecule has 5 atom stereocenters. The maximum absolute atomic E-state index is 13.0. The Labute approximate surface area is 222 Å². The first-order chi connectivity index (χ1) is 18.5. The molecular formula is C28H28O11. The standard InChI is InChI=1S/C28H28O11/c1-13-9-18(32)23(26-22(13)19(33)11-17(37-26)10-14(2)30)27-28(25(36)24(35)20(12-29)38-27)39-21(34)8-5-15-3-6-16(31)7-4-15/h3-9,11,20,24-25,27-29,31-32,35-36H,10,12H2,1-2H3/t20-,24-,25+,27-,28-/m1/s1. The third-order valence-electron chi connectivity index (χ3n) is 6.40. The molecule has 1 aliphatic rings. The van der Waals surface area contributed by atoms with Gasteiger partial charge in [0.05, 0.1) is 24.0 Å². The minimum absolute atomic E-state index is 0.0201. The quantitative estimate of drug-likeness (QED) is 0.216.